The molecular formula is C10H21N3O4. The number of rotatable bonds is 13. The summed E-state index contributed by atoms with van der Waals surface area (Å²) in [6, 6.07) is 0. The molecule has 0 unspecified atom stereocenters. The van der Waals surface area contributed by atoms with Gasteiger partial charge in [0.2, 0.25) is 0 Å². The third-order valence-electron chi connectivity index (χ3n) is 1.84. The molecule has 0 saturated heterocycles. The first-order valence-corrected chi connectivity index (χ1v) is 5.62. The van der Waals surface area contributed by atoms with Crippen LogP contribution in [0.3, 0.4) is 0 Å². The van der Waals surface area contributed by atoms with E-state index in [1.54, 1.807) is 0 Å². The summed E-state index contributed by atoms with van der Waals surface area (Å²) in [6.45, 7) is 4.37. The van der Waals surface area contributed by atoms with Gasteiger partial charge in [-0.2, -0.15) is 0 Å². The molecule has 0 heterocycles. The van der Waals surface area contributed by atoms with Gasteiger partial charge in [0.05, 0.1) is 13.2 Å². The first-order chi connectivity index (χ1) is 8.27. The van der Waals surface area contributed by atoms with Gasteiger partial charge in [0.15, 0.2) is 0 Å². The molecule has 7 nitrogen and oxygen atoms in total. The quantitative estimate of drug-likeness (QED) is 0.222. The van der Waals surface area contributed by atoms with Crippen LogP contribution in [0.4, 0.5) is 0 Å². The van der Waals surface area contributed by atoms with Crippen molar-refractivity contribution in [3.63, 3.8) is 0 Å². The number of carboxylic acids is 1. The van der Waals surface area contributed by atoms with Crippen LogP contribution in [-0.4, -0.2) is 69.8 Å². The van der Waals surface area contributed by atoms with Crippen LogP contribution in [0, 0.1) is 0 Å². The Bertz CT molecular complexity index is 202. The second-order valence-electron chi connectivity index (χ2n) is 3.31. The minimum atomic E-state index is -0.845. The lowest BCUT2D eigenvalue weighted by molar-refractivity contribution is -0.135. The topological polar surface area (TPSA) is 99.7 Å². The molecule has 7 heteroatoms. The molecule has 4 N–H and O–H groups in total. The fourth-order valence-electron chi connectivity index (χ4n) is 1.07. The molecule has 17 heavy (non-hydrogen) atoms. The minimum Gasteiger partial charge on any atom is -0.480 e. The van der Waals surface area contributed by atoms with Gasteiger partial charge in [-0.05, 0) is 0 Å². The van der Waals surface area contributed by atoms with Crippen molar-refractivity contribution in [1.29, 1.82) is 0 Å². The SMILES string of the molecule is O=CCOCCNCCNCCNCC(=O)O. The number of ether oxygens (including phenoxy) is 1. The van der Waals surface area contributed by atoms with Crippen molar-refractivity contribution in [2.24, 2.45) is 0 Å². The maximum absolute atomic E-state index is 10.2. The smallest absolute Gasteiger partial charge is 0.317 e. The molecular weight excluding hydrogens is 226 g/mol. The lowest BCUT2D eigenvalue weighted by Gasteiger charge is -2.06. The highest BCUT2D eigenvalue weighted by atomic mass is 16.5. The van der Waals surface area contributed by atoms with Crippen LogP contribution in [0.5, 0.6) is 0 Å². The summed E-state index contributed by atoms with van der Waals surface area (Å²) in [5.74, 6) is -0.845. The van der Waals surface area contributed by atoms with Gasteiger partial charge in [0.25, 0.3) is 0 Å². The monoisotopic (exact) mass is 247 g/mol. The van der Waals surface area contributed by atoms with E-state index in [0.717, 1.165) is 25.9 Å². The molecule has 0 aromatic heterocycles. The predicted molar refractivity (Wildman–Crippen MR) is 63.1 cm³/mol. The molecule has 0 radical (unpaired) electrons. The van der Waals surface area contributed by atoms with E-state index in [2.05, 4.69) is 16.0 Å². The van der Waals surface area contributed by atoms with Crippen LogP contribution < -0.4 is 16.0 Å². The Balaban J connectivity index is 2.94. The van der Waals surface area contributed by atoms with E-state index in [9.17, 15) is 9.59 Å². The van der Waals surface area contributed by atoms with Crippen molar-refractivity contribution in [2.45, 2.75) is 0 Å². The maximum Gasteiger partial charge on any atom is 0.317 e. The summed E-state index contributed by atoms with van der Waals surface area (Å²) >= 11 is 0. The Hall–Kier alpha value is -1.02. The van der Waals surface area contributed by atoms with Gasteiger partial charge in [0, 0.05) is 32.7 Å². The normalized spacial score (nSPS) is 10.4. The Morgan fingerprint density at radius 3 is 2.24 bits per heavy atom. The lowest BCUT2D eigenvalue weighted by atomic mass is 10.5. The van der Waals surface area contributed by atoms with Crippen LogP contribution in [0.15, 0.2) is 0 Å². The van der Waals surface area contributed by atoms with E-state index in [4.69, 9.17) is 9.84 Å². The fraction of sp³-hybridized carbons (Fsp3) is 0.800. The van der Waals surface area contributed by atoms with Gasteiger partial charge >= 0.3 is 5.97 Å². The first-order valence-electron chi connectivity index (χ1n) is 5.62. The summed E-state index contributed by atoms with van der Waals surface area (Å²) in [5.41, 5.74) is 0. The van der Waals surface area contributed by atoms with Crippen LogP contribution in [-0.2, 0) is 14.3 Å². The number of carboxylic acid groups (broad SMARTS) is 1. The largest absolute Gasteiger partial charge is 0.480 e. The Kier molecular flexibility index (Phi) is 12.3. The molecule has 0 bridgehead atoms. The highest BCUT2D eigenvalue weighted by Gasteiger charge is 1.93. The molecule has 100 valence electrons. The van der Waals surface area contributed by atoms with E-state index < -0.39 is 5.97 Å². The maximum atomic E-state index is 10.2. The standard InChI is InChI=1S/C10H21N3O4/c14-6-8-17-7-5-12-2-1-11-3-4-13-9-10(15)16/h6,11-13H,1-5,7-9H2,(H,15,16). The second-order valence-corrected chi connectivity index (χ2v) is 3.31. The first kappa shape index (κ1) is 16.0. The zero-order valence-corrected chi connectivity index (χ0v) is 9.91. The van der Waals surface area contributed by atoms with Gasteiger partial charge in [-0.15, -0.1) is 0 Å². The summed E-state index contributed by atoms with van der Waals surface area (Å²) in [7, 11) is 0. The van der Waals surface area contributed by atoms with Crippen LogP contribution in [0.2, 0.25) is 0 Å². The zero-order valence-electron chi connectivity index (χ0n) is 9.91. The van der Waals surface area contributed by atoms with E-state index in [-0.39, 0.29) is 13.2 Å². The molecule has 0 fully saturated rings. The molecule has 0 atom stereocenters. The molecule has 0 saturated carbocycles. The Morgan fingerprint density at radius 1 is 1.06 bits per heavy atom. The fourth-order valence-corrected chi connectivity index (χ4v) is 1.07. The summed E-state index contributed by atoms with van der Waals surface area (Å²) < 4.78 is 4.95. The molecule has 0 aliphatic rings. The van der Waals surface area contributed by atoms with Crippen LogP contribution in [0.1, 0.15) is 0 Å². The average molecular weight is 247 g/mol. The number of hydrogen-bond donors (Lipinski definition) is 4. The van der Waals surface area contributed by atoms with Crippen molar-refractivity contribution >= 4 is 12.3 Å². The lowest BCUT2D eigenvalue weighted by Crippen LogP contribution is -2.35. The molecule has 0 spiro atoms. The number of carbonyl (C=O) groups excluding carboxylic acids is 1. The third kappa shape index (κ3) is 15.0. The summed E-state index contributed by atoms with van der Waals surface area (Å²) in [6.07, 6.45) is 0.728. The second kappa shape index (κ2) is 13.0. The van der Waals surface area contributed by atoms with Crippen molar-refractivity contribution in [1.82, 2.24) is 16.0 Å². The highest BCUT2D eigenvalue weighted by molar-refractivity contribution is 5.68. The highest BCUT2D eigenvalue weighted by Crippen LogP contribution is 1.69. The van der Waals surface area contributed by atoms with Gasteiger partial charge in [-0.25, -0.2) is 0 Å². The van der Waals surface area contributed by atoms with E-state index >= 15 is 0 Å². The molecule has 0 amide bonds. The summed E-state index contributed by atoms with van der Waals surface area (Å²) in [4.78, 5) is 20.1. The van der Waals surface area contributed by atoms with Crippen molar-refractivity contribution in [2.75, 3.05) is 52.5 Å². The van der Waals surface area contributed by atoms with Gasteiger partial charge in [-0.1, -0.05) is 0 Å². The number of aliphatic carboxylic acids is 1. The van der Waals surface area contributed by atoms with Crippen molar-refractivity contribution in [3.8, 4) is 0 Å². The minimum absolute atomic E-state index is 0.00595. The zero-order chi connectivity index (χ0) is 12.8. The Morgan fingerprint density at radius 2 is 1.65 bits per heavy atom. The number of nitrogens with one attached hydrogen (secondary N) is 3. The Labute approximate surface area is 101 Å². The summed E-state index contributed by atoms with van der Waals surface area (Å²) in [5, 5.41) is 17.4. The third-order valence-corrected chi connectivity index (χ3v) is 1.84. The van der Waals surface area contributed by atoms with E-state index in [1.165, 1.54) is 0 Å². The molecule has 0 aromatic carbocycles. The van der Waals surface area contributed by atoms with Gasteiger partial charge < -0.3 is 30.6 Å². The van der Waals surface area contributed by atoms with E-state index in [0.29, 0.717) is 19.7 Å². The molecule has 0 aliphatic carbocycles. The molecule has 0 rings (SSSR count). The van der Waals surface area contributed by atoms with Crippen molar-refractivity contribution in [3.05, 3.63) is 0 Å². The molecule has 0 aromatic rings. The van der Waals surface area contributed by atoms with E-state index in [1.807, 2.05) is 0 Å². The van der Waals surface area contributed by atoms with Crippen LogP contribution >= 0.6 is 0 Å². The predicted octanol–water partition coefficient (Wildman–Crippen LogP) is -1.94. The van der Waals surface area contributed by atoms with Crippen LogP contribution in [0.25, 0.3) is 0 Å². The number of aldehydes is 1. The number of carbonyl (C=O) groups is 2. The molecule has 0 aliphatic heterocycles. The van der Waals surface area contributed by atoms with Gasteiger partial charge in [-0.3, -0.25) is 4.79 Å². The van der Waals surface area contributed by atoms with Gasteiger partial charge in [0.1, 0.15) is 12.9 Å². The van der Waals surface area contributed by atoms with Crippen molar-refractivity contribution < 1.29 is 19.4 Å². The number of hydrogen-bond acceptors (Lipinski definition) is 6. The average Bonchev–Trinajstić information content (AvgIpc) is 2.30.